The number of amides is 1. The summed E-state index contributed by atoms with van der Waals surface area (Å²) in [5.41, 5.74) is 2.86. The van der Waals surface area contributed by atoms with E-state index in [-0.39, 0.29) is 11.8 Å². The van der Waals surface area contributed by atoms with Crippen molar-refractivity contribution >= 4 is 11.6 Å². The Bertz CT molecular complexity index is 634. The predicted octanol–water partition coefficient (Wildman–Crippen LogP) is 1.60. The summed E-state index contributed by atoms with van der Waals surface area (Å²) < 4.78 is 0. The fourth-order valence-electron chi connectivity index (χ4n) is 1.84. The molecule has 2 aromatic rings. The van der Waals surface area contributed by atoms with Gasteiger partial charge in [-0.3, -0.25) is 9.89 Å². The van der Waals surface area contributed by atoms with Gasteiger partial charge in [-0.25, -0.2) is 9.97 Å². The first-order chi connectivity index (χ1) is 10.0. The number of nitrogens with zero attached hydrogens (tertiary/aromatic N) is 3. The maximum atomic E-state index is 12.3. The standard InChI is InChI=1S/C14H20N6O/c1-8(2)13-16-7-11(15-4)12(19-13)14(21)17-5-10-6-18-20-9(10)3/h6-8,15H,5H2,1-4H3,(H,17,21)(H,18,20). The zero-order valence-corrected chi connectivity index (χ0v) is 12.7. The van der Waals surface area contributed by atoms with E-state index in [9.17, 15) is 4.79 Å². The summed E-state index contributed by atoms with van der Waals surface area (Å²) in [6, 6.07) is 0. The van der Waals surface area contributed by atoms with E-state index in [0.29, 0.717) is 23.8 Å². The molecule has 1 amide bonds. The molecular formula is C14H20N6O. The zero-order valence-electron chi connectivity index (χ0n) is 12.7. The fourth-order valence-corrected chi connectivity index (χ4v) is 1.84. The van der Waals surface area contributed by atoms with Crippen molar-refractivity contribution in [2.45, 2.75) is 33.2 Å². The Hall–Kier alpha value is -2.44. The predicted molar refractivity (Wildman–Crippen MR) is 80.2 cm³/mol. The summed E-state index contributed by atoms with van der Waals surface area (Å²) in [5.74, 6) is 0.585. The molecule has 2 heterocycles. The van der Waals surface area contributed by atoms with Crippen molar-refractivity contribution in [2.75, 3.05) is 12.4 Å². The number of carbonyl (C=O) groups is 1. The molecule has 7 heteroatoms. The van der Waals surface area contributed by atoms with E-state index in [1.165, 1.54) is 0 Å². The first-order valence-corrected chi connectivity index (χ1v) is 6.84. The highest BCUT2D eigenvalue weighted by molar-refractivity contribution is 5.97. The zero-order chi connectivity index (χ0) is 15.4. The van der Waals surface area contributed by atoms with E-state index >= 15 is 0 Å². The second kappa shape index (κ2) is 6.34. The summed E-state index contributed by atoms with van der Waals surface area (Å²) in [4.78, 5) is 20.9. The van der Waals surface area contributed by atoms with E-state index in [2.05, 4.69) is 30.8 Å². The van der Waals surface area contributed by atoms with Crippen molar-refractivity contribution in [3.8, 4) is 0 Å². The number of aromatic amines is 1. The lowest BCUT2D eigenvalue weighted by atomic mass is 10.2. The third kappa shape index (κ3) is 3.36. The van der Waals surface area contributed by atoms with Crippen molar-refractivity contribution in [1.82, 2.24) is 25.5 Å². The minimum atomic E-state index is -0.232. The molecular weight excluding hydrogens is 268 g/mol. The van der Waals surface area contributed by atoms with Gasteiger partial charge in [-0.15, -0.1) is 0 Å². The third-order valence-electron chi connectivity index (χ3n) is 3.18. The minimum Gasteiger partial charge on any atom is -0.385 e. The number of nitrogens with one attached hydrogen (secondary N) is 3. The second-order valence-electron chi connectivity index (χ2n) is 5.10. The van der Waals surface area contributed by atoms with Crippen LogP contribution in [0.2, 0.25) is 0 Å². The van der Waals surface area contributed by atoms with Crippen molar-refractivity contribution in [2.24, 2.45) is 0 Å². The molecule has 0 aromatic carbocycles. The number of aryl methyl sites for hydroxylation is 1. The molecule has 3 N–H and O–H groups in total. The van der Waals surface area contributed by atoms with Crippen LogP contribution in [0.25, 0.3) is 0 Å². The summed E-state index contributed by atoms with van der Waals surface area (Å²) >= 11 is 0. The average Bonchev–Trinajstić information content (AvgIpc) is 2.89. The van der Waals surface area contributed by atoms with Crippen molar-refractivity contribution < 1.29 is 4.79 Å². The summed E-state index contributed by atoms with van der Waals surface area (Å²) in [5, 5.41) is 12.6. The van der Waals surface area contributed by atoms with Crippen LogP contribution in [0.3, 0.4) is 0 Å². The lowest BCUT2D eigenvalue weighted by molar-refractivity contribution is 0.0946. The van der Waals surface area contributed by atoms with Crippen LogP contribution in [0.5, 0.6) is 0 Å². The van der Waals surface area contributed by atoms with Gasteiger partial charge in [0.05, 0.1) is 18.1 Å². The molecule has 112 valence electrons. The molecule has 0 radical (unpaired) electrons. The highest BCUT2D eigenvalue weighted by Gasteiger charge is 2.16. The van der Waals surface area contributed by atoms with Gasteiger partial charge >= 0.3 is 0 Å². The lowest BCUT2D eigenvalue weighted by Crippen LogP contribution is -2.25. The minimum absolute atomic E-state index is 0.165. The molecule has 7 nitrogen and oxygen atoms in total. The third-order valence-corrected chi connectivity index (χ3v) is 3.18. The number of aromatic nitrogens is 4. The van der Waals surface area contributed by atoms with E-state index < -0.39 is 0 Å². The fraction of sp³-hybridized carbons (Fsp3) is 0.429. The first-order valence-electron chi connectivity index (χ1n) is 6.84. The van der Waals surface area contributed by atoms with Gasteiger partial charge in [0.1, 0.15) is 5.82 Å². The van der Waals surface area contributed by atoms with Crippen LogP contribution in [0.1, 0.15) is 47.3 Å². The molecule has 0 aliphatic carbocycles. The number of carbonyl (C=O) groups excluding carboxylic acids is 1. The molecule has 0 bridgehead atoms. The average molecular weight is 288 g/mol. The maximum absolute atomic E-state index is 12.3. The molecule has 21 heavy (non-hydrogen) atoms. The Morgan fingerprint density at radius 1 is 1.38 bits per heavy atom. The van der Waals surface area contributed by atoms with Crippen LogP contribution >= 0.6 is 0 Å². The number of anilines is 1. The molecule has 0 spiro atoms. The highest BCUT2D eigenvalue weighted by atomic mass is 16.1. The Labute approximate surface area is 123 Å². The van der Waals surface area contributed by atoms with Crippen LogP contribution in [0, 0.1) is 6.92 Å². The highest BCUT2D eigenvalue weighted by Crippen LogP contribution is 2.16. The van der Waals surface area contributed by atoms with Gasteiger partial charge in [0.25, 0.3) is 5.91 Å². The van der Waals surface area contributed by atoms with E-state index in [1.54, 1.807) is 19.4 Å². The van der Waals surface area contributed by atoms with Crippen LogP contribution in [0.4, 0.5) is 5.69 Å². The summed E-state index contributed by atoms with van der Waals surface area (Å²) in [6.07, 6.45) is 3.34. The number of rotatable bonds is 5. The van der Waals surface area contributed by atoms with E-state index in [1.807, 2.05) is 20.8 Å². The molecule has 0 unspecified atom stereocenters. The summed E-state index contributed by atoms with van der Waals surface area (Å²) in [6.45, 7) is 6.30. The van der Waals surface area contributed by atoms with Crippen molar-refractivity contribution in [3.63, 3.8) is 0 Å². The smallest absolute Gasteiger partial charge is 0.272 e. The molecule has 0 saturated heterocycles. The monoisotopic (exact) mass is 288 g/mol. The lowest BCUT2D eigenvalue weighted by Gasteiger charge is -2.11. The van der Waals surface area contributed by atoms with Crippen LogP contribution in [-0.2, 0) is 6.54 Å². The van der Waals surface area contributed by atoms with E-state index in [4.69, 9.17) is 0 Å². The molecule has 0 fully saturated rings. The van der Waals surface area contributed by atoms with Gasteiger partial charge in [0, 0.05) is 30.8 Å². The van der Waals surface area contributed by atoms with E-state index in [0.717, 1.165) is 11.3 Å². The molecule has 2 rings (SSSR count). The Kier molecular flexibility index (Phi) is 4.52. The first kappa shape index (κ1) is 15.0. The van der Waals surface area contributed by atoms with Gasteiger partial charge < -0.3 is 10.6 Å². The van der Waals surface area contributed by atoms with Gasteiger partial charge in [0.15, 0.2) is 5.69 Å². The normalized spacial score (nSPS) is 10.7. The Morgan fingerprint density at radius 3 is 2.71 bits per heavy atom. The van der Waals surface area contributed by atoms with Gasteiger partial charge in [-0.05, 0) is 6.92 Å². The number of hydrogen-bond acceptors (Lipinski definition) is 5. The van der Waals surface area contributed by atoms with Crippen LogP contribution < -0.4 is 10.6 Å². The molecule has 2 aromatic heterocycles. The van der Waals surface area contributed by atoms with Crippen LogP contribution in [-0.4, -0.2) is 33.1 Å². The van der Waals surface area contributed by atoms with Crippen molar-refractivity contribution in [3.05, 3.63) is 35.2 Å². The Balaban J connectivity index is 2.17. The van der Waals surface area contributed by atoms with Crippen molar-refractivity contribution in [1.29, 1.82) is 0 Å². The molecule has 0 aliphatic rings. The number of hydrogen-bond donors (Lipinski definition) is 3. The van der Waals surface area contributed by atoms with Gasteiger partial charge in [0.2, 0.25) is 0 Å². The molecule has 0 atom stereocenters. The molecule has 0 saturated carbocycles. The maximum Gasteiger partial charge on any atom is 0.272 e. The number of H-pyrrole nitrogens is 1. The van der Waals surface area contributed by atoms with Gasteiger partial charge in [-0.1, -0.05) is 13.8 Å². The summed E-state index contributed by atoms with van der Waals surface area (Å²) in [7, 11) is 1.74. The van der Waals surface area contributed by atoms with Gasteiger partial charge in [-0.2, -0.15) is 5.10 Å². The largest absolute Gasteiger partial charge is 0.385 e. The quantitative estimate of drug-likeness (QED) is 0.776. The topological polar surface area (TPSA) is 95.6 Å². The van der Waals surface area contributed by atoms with Crippen LogP contribution in [0.15, 0.2) is 12.4 Å². The Morgan fingerprint density at radius 2 is 2.14 bits per heavy atom. The molecule has 0 aliphatic heterocycles. The SMILES string of the molecule is CNc1cnc(C(C)C)nc1C(=O)NCc1cn[nH]c1C. The second-order valence-corrected chi connectivity index (χ2v) is 5.10.